The summed E-state index contributed by atoms with van der Waals surface area (Å²) in [7, 11) is 1.87. The number of benzene rings is 1. The summed E-state index contributed by atoms with van der Waals surface area (Å²) < 4.78 is 39.9. The van der Waals surface area contributed by atoms with E-state index in [0.717, 1.165) is 54.8 Å². The van der Waals surface area contributed by atoms with E-state index < -0.39 is 11.7 Å². The summed E-state index contributed by atoms with van der Waals surface area (Å²) in [5.41, 5.74) is 2.15. The fraction of sp³-hybridized carbons (Fsp3) is 0.375. The lowest BCUT2D eigenvalue weighted by Crippen LogP contribution is -2.43. The Hall–Kier alpha value is -3.36. The number of anilines is 2. The van der Waals surface area contributed by atoms with Gasteiger partial charge in [0.05, 0.1) is 11.8 Å². The zero-order chi connectivity index (χ0) is 23.6. The molecule has 0 radical (unpaired) electrons. The monoisotopic (exact) mass is 457 g/mol. The van der Waals surface area contributed by atoms with Crippen molar-refractivity contribution in [3.63, 3.8) is 0 Å². The van der Waals surface area contributed by atoms with E-state index in [1.54, 1.807) is 17.8 Å². The molecule has 2 heterocycles. The summed E-state index contributed by atoms with van der Waals surface area (Å²) in [5.74, 6) is 0.422. The van der Waals surface area contributed by atoms with E-state index in [2.05, 4.69) is 15.4 Å². The molecule has 0 spiro atoms. The van der Waals surface area contributed by atoms with Crippen LogP contribution in [0.2, 0.25) is 0 Å². The van der Waals surface area contributed by atoms with Crippen LogP contribution < -0.4 is 10.2 Å². The number of pyridine rings is 1. The molecule has 0 unspecified atom stereocenters. The second-order valence-electron chi connectivity index (χ2n) is 8.42. The average Bonchev–Trinajstić information content (AvgIpc) is 3.21. The Morgan fingerprint density at radius 1 is 1.03 bits per heavy atom. The van der Waals surface area contributed by atoms with E-state index in [9.17, 15) is 18.0 Å². The first kappa shape index (κ1) is 22.8. The van der Waals surface area contributed by atoms with Crippen LogP contribution in [0.4, 0.5) is 24.7 Å². The zero-order valence-electron chi connectivity index (χ0n) is 18.5. The number of nitrogens with one attached hydrogen (secondary N) is 1. The number of aromatic nitrogens is 3. The molecule has 0 saturated heterocycles. The van der Waals surface area contributed by atoms with Crippen molar-refractivity contribution in [2.75, 3.05) is 10.2 Å². The number of rotatable bonds is 5. The first-order valence-corrected chi connectivity index (χ1v) is 10.9. The van der Waals surface area contributed by atoms with Gasteiger partial charge >= 0.3 is 6.18 Å². The van der Waals surface area contributed by atoms with Crippen LogP contribution in [0.25, 0.3) is 11.1 Å². The maximum atomic E-state index is 12.7. The highest BCUT2D eigenvalue weighted by molar-refractivity contribution is 5.92. The number of halogens is 3. The van der Waals surface area contributed by atoms with Gasteiger partial charge in [-0.1, -0.05) is 12.1 Å². The summed E-state index contributed by atoms with van der Waals surface area (Å²) in [6.07, 6.45) is 3.38. The van der Waals surface area contributed by atoms with Crippen LogP contribution in [0.5, 0.6) is 0 Å². The lowest BCUT2D eigenvalue weighted by atomic mass is 9.89. The summed E-state index contributed by atoms with van der Waals surface area (Å²) >= 11 is 0. The van der Waals surface area contributed by atoms with Crippen LogP contribution in [0.15, 0.2) is 55.0 Å². The minimum atomic E-state index is -4.39. The summed E-state index contributed by atoms with van der Waals surface area (Å²) in [4.78, 5) is 18.2. The van der Waals surface area contributed by atoms with Crippen LogP contribution in [-0.4, -0.2) is 32.8 Å². The lowest BCUT2D eigenvalue weighted by Gasteiger charge is -2.37. The van der Waals surface area contributed by atoms with Crippen LogP contribution in [-0.2, 0) is 18.0 Å². The van der Waals surface area contributed by atoms with Gasteiger partial charge in [-0.25, -0.2) is 4.98 Å². The molecule has 6 nitrogen and oxygen atoms in total. The topological polar surface area (TPSA) is 63.1 Å². The Morgan fingerprint density at radius 2 is 1.73 bits per heavy atom. The van der Waals surface area contributed by atoms with Gasteiger partial charge in [0.2, 0.25) is 5.91 Å². The second kappa shape index (κ2) is 9.25. The van der Waals surface area contributed by atoms with E-state index in [1.165, 1.54) is 6.07 Å². The molecule has 33 heavy (non-hydrogen) atoms. The number of hydrogen-bond donors (Lipinski definition) is 1. The van der Waals surface area contributed by atoms with E-state index in [0.29, 0.717) is 5.82 Å². The lowest BCUT2D eigenvalue weighted by molar-refractivity contribution is -0.137. The molecule has 0 aliphatic heterocycles. The molecule has 9 heteroatoms. The van der Waals surface area contributed by atoms with Gasteiger partial charge in [-0.3, -0.25) is 9.48 Å². The van der Waals surface area contributed by atoms with Gasteiger partial charge < -0.3 is 10.2 Å². The quantitative estimate of drug-likeness (QED) is 0.567. The van der Waals surface area contributed by atoms with Crippen molar-refractivity contribution < 1.29 is 18.0 Å². The van der Waals surface area contributed by atoms with E-state index in [4.69, 9.17) is 0 Å². The molecule has 4 rings (SSSR count). The molecule has 1 fully saturated rings. The third kappa shape index (κ3) is 5.35. The molecule has 1 aliphatic carbocycles. The maximum Gasteiger partial charge on any atom is 0.417 e. The number of alkyl halides is 3. The molecule has 1 aliphatic rings. The molecule has 0 bridgehead atoms. The number of nitrogens with zero attached hydrogens (tertiary/aromatic N) is 4. The SMILES string of the molecule is CC(=O)N(c1ccc(-c2cnn(C)c2)cc1)C1CCC(Nc2ccc(C(F)(F)F)cn2)CC1. The standard InChI is InChI=1S/C24H26F3N5O/c1-16(33)32(21-8-3-17(4-9-21)18-13-29-31(2)15-18)22-10-6-20(7-11-22)30-23-12-5-19(14-28-23)24(25,26)27/h3-5,8-9,12-15,20,22H,6-7,10-11H2,1-2H3,(H,28,30). The predicted molar refractivity (Wildman–Crippen MR) is 121 cm³/mol. The van der Waals surface area contributed by atoms with E-state index in [-0.39, 0.29) is 18.0 Å². The average molecular weight is 458 g/mol. The van der Waals surface area contributed by atoms with Crippen molar-refractivity contribution in [1.29, 1.82) is 0 Å². The molecular formula is C24H26F3N5O. The van der Waals surface area contributed by atoms with Gasteiger partial charge in [0.25, 0.3) is 0 Å². The van der Waals surface area contributed by atoms with Crippen molar-refractivity contribution in [1.82, 2.24) is 14.8 Å². The van der Waals surface area contributed by atoms with Crippen molar-refractivity contribution in [2.24, 2.45) is 7.05 Å². The molecule has 0 atom stereocenters. The van der Waals surface area contributed by atoms with E-state index in [1.807, 2.05) is 42.4 Å². The van der Waals surface area contributed by atoms with Crippen LogP contribution in [0, 0.1) is 0 Å². The second-order valence-corrected chi connectivity index (χ2v) is 8.42. The van der Waals surface area contributed by atoms with Gasteiger partial charge in [-0.05, 0) is 55.5 Å². The number of hydrogen-bond acceptors (Lipinski definition) is 4. The van der Waals surface area contributed by atoms with Crippen molar-refractivity contribution >= 4 is 17.4 Å². The highest BCUT2D eigenvalue weighted by atomic mass is 19.4. The van der Waals surface area contributed by atoms with E-state index >= 15 is 0 Å². The highest BCUT2D eigenvalue weighted by Crippen LogP contribution is 2.32. The van der Waals surface area contributed by atoms with Gasteiger partial charge in [-0.15, -0.1) is 0 Å². The fourth-order valence-corrected chi connectivity index (χ4v) is 4.37. The molecule has 3 aromatic rings. The molecule has 1 aromatic carbocycles. The molecule has 2 aromatic heterocycles. The van der Waals surface area contributed by atoms with Crippen LogP contribution >= 0.6 is 0 Å². The summed E-state index contributed by atoms with van der Waals surface area (Å²) in [5, 5.41) is 7.42. The molecule has 1 amide bonds. The Balaban J connectivity index is 1.38. The predicted octanol–water partition coefficient (Wildman–Crippen LogP) is 5.28. The minimum Gasteiger partial charge on any atom is -0.367 e. The Morgan fingerprint density at radius 3 is 2.24 bits per heavy atom. The number of carbonyl (C=O) groups excluding carboxylic acids is 1. The fourth-order valence-electron chi connectivity index (χ4n) is 4.37. The normalized spacial score (nSPS) is 18.7. The molecule has 174 valence electrons. The Kier molecular flexibility index (Phi) is 6.40. The van der Waals surface area contributed by atoms with Crippen LogP contribution in [0.3, 0.4) is 0 Å². The maximum absolute atomic E-state index is 12.7. The molecule has 1 N–H and O–H groups in total. The number of aryl methyl sites for hydroxylation is 1. The van der Waals surface area contributed by atoms with Gasteiger partial charge in [0.1, 0.15) is 5.82 Å². The summed E-state index contributed by atoms with van der Waals surface area (Å²) in [6.45, 7) is 1.57. The van der Waals surface area contributed by atoms with Crippen LogP contribution in [0.1, 0.15) is 38.2 Å². The molecular weight excluding hydrogens is 431 g/mol. The number of amides is 1. The Labute approximate surface area is 190 Å². The summed E-state index contributed by atoms with van der Waals surface area (Å²) in [6, 6.07) is 10.5. The highest BCUT2D eigenvalue weighted by Gasteiger charge is 2.31. The van der Waals surface area contributed by atoms with Crippen molar-refractivity contribution in [2.45, 2.75) is 50.9 Å². The minimum absolute atomic E-state index is 0.00931. The van der Waals surface area contributed by atoms with Gasteiger partial charge in [-0.2, -0.15) is 18.3 Å². The molecule has 1 saturated carbocycles. The first-order chi connectivity index (χ1) is 15.7. The van der Waals surface area contributed by atoms with Crippen molar-refractivity contribution in [3.8, 4) is 11.1 Å². The Bertz CT molecular complexity index is 1080. The largest absolute Gasteiger partial charge is 0.417 e. The first-order valence-electron chi connectivity index (χ1n) is 10.9. The van der Waals surface area contributed by atoms with Crippen molar-refractivity contribution in [3.05, 3.63) is 60.6 Å². The zero-order valence-corrected chi connectivity index (χ0v) is 18.5. The van der Waals surface area contributed by atoms with Gasteiger partial charge in [0, 0.05) is 49.7 Å². The third-order valence-electron chi connectivity index (χ3n) is 6.03. The smallest absolute Gasteiger partial charge is 0.367 e. The number of carbonyl (C=O) groups is 1. The third-order valence-corrected chi connectivity index (χ3v) is 6.03. The van der Waals surface area contributed by atoms with Gasteiger partial charge in [0.15, 0.2) is 0 Å².